The summed E-state index contributed by atoms with van der Waals surface area (Å²) in [4.78, 5) is 2.57. The van der Waals surface area contributed by atoms with Crippen LogP contribution in [-0.2, 0) is 0 Å². The van der Waals surface area contributed by atoms with E-state index >= 15 is 0 Å². The minimum absolute atomic E-state index is 0.329. The first-order chi connectivity index (χ1) is 11.3. The molecule has 0 spiro atoms. The lowest BCUT2D eigenvalue weighted by atomic mass is 10.1. The number of benzene rings is 1. The predicted octanol–water partition coefficient (Wildman–Crippen LogP) is 5.57. The summed E-state index contributed by atoms with van der Waals surface area (Å²) in [7, 11) is 0. The molecule has 0 radical (unpaired) electrons. The van der Waals surface area contributed by atoms with E-state index in [1.165, 1.54) is 64.5 Å². The van der Waals surface area contributed by atoms with Crippen molar-refractivity contribution in [3.05, 3.63) is 35.9 Å². The minimum atomic E-state index is -0.329. The molecule has 132 valence electrons. The average Bonchev–Trinajstić information content (AvgIpc) is 2.60. The first-order valence-corrected chi connectivity index (χ1v) is 9.73. The monoisotopic (exact) mass is 319 g/mol. The van der Waals surface area contributed by atoms with Crippen LogP contribution in [0.25, 0.3) is 0 Å². The Balaban J connectivity index is 2.34. The standard InChI is InChI=1S/C21H37NO/c1-3-5-7-12-17-22(18-13-8-6-4-2)19-16-21(23)20-14-10-9-11-15-20/h9-11,14-15,21,23H,3-8,12-13,16-19H2,1-2H3/t21-/m0/s1. The van der Waals surface area contributed by atoms with Gasteiger partial charge in [-0.25, -0.2) is 0 Å². The molecule has 0 heterocycles. The molecule has 0 fully saturated rings. The van der Waals surface area contributed by atoms with Gasteiger partial charge < -0.3 is 10.0 Å². The highest BCUT2D eigenvalue weighted by molar-refractivity contribution is 5.17. The highest BCUT2D eigenvalue weighted by Crippen LogP contribution is 2.17. The fraction of sp³-hybridized carbons (Fsp3) is 0.714. The summed E-state index contributed by atoms with van der Waals surface area (Å²) in [5, 5.41) is 10.4. The lowest BCUT2D eigenvalue weighted by molar-refractivity contribution is 0.140. The van der Waals surface area contributed by atoms with Crippen molar-refractivity contribution in [1.29, 1.82) is 0 Å². The Kier molecular flexibility index (Phi) is 11.9. The van der Waals surface area contributed by atoms with E-state index in [1.807, 2.05) is 30.3 Å². The van der Waals surface area contributed by atoms with Crippen molar-refractivity contribution in [2.24, 2.45) is 0 Å². The van der Waals surface area contributed by atoms with E-state index in [-0.39, 0.29) is 6.10 Å². The Labute approximate surface area is 143 Å². The molecule has 2 nitrogen and oxygen atoms in total. The first-order valence-electron chi connectivity index (χ1n) is 9.73. The van der Waals surface area contributed by atoms with Gasteiger partial charge in [-0.1, -0.05) is 82.7 Å². The van der Waals surface area contributed by atoms with Gasteiger partial charge in [-0.3, -0.25) is 0 Å². The van der Waals surface area contributed by atoms with Crippen LogP contribution in [0.2, 0.25) is 0 Å². The summed E-state index contributed by atoms with van der Waals surface area (Å²) in [6.07, 6.45) is 11.0. The number of rotatable bonds is 14. The molecule has 2 heteroatoms. The summed E-state index contributed by atoms with van der Waals surface area (Å²) in [6.45, 7) is 7.91. The van der Waals surface area contributed by atoms with Gasteiger partial charge in [0.25, 0.3) is 0 Å². The molecular formula is C21H37NO. The zero-order valence-corrected chi connectivity index (χ0v) is 15.3. The Hall–Kier alpha value is -0.860. The van der Waals surface area contributed by atoms with E-state index in [2.05, 4.69) is 18.7 Å². The second kappa shape index (κ2) is 13.6. The molecule has 0 bridgehead atoms. The van der Waals surface area contributed by atoms with Crippen LogP contribution >= 0.6 is 0 Å². The zero-order chi connectivity index (χ0) is 16.8. The minimum Gasteiger partial charge on any atom is -0.388 e. The molecule has 0 saturated carbocycles. The quantitative estimate of drug-likeness (QED) is 0.453. The van der Waals surface area contributed by atoms with Gasteiger partial charge in [0.2, 0.25) is 0 Å². The van der Waals surface area contributed by atoms with Crippen LogP contribution in [-0.4, -0.2) is 29.6 Å². The third kappa shape index (κ3) is 9.78. The van der Waals surface area contributed by atoms with E-state index in [0.717, 1.165) is 18.5 Å². The smallest absolute Gasteiger partial charge is 0.0802 e. The van der Waals surface area contributed by atoms with Gasteiger partial charge in [0.15, 0.2) is 0 Å². The van der Waals surface area contributed by atoms with Crippen LogP contribution in [0.1, 0.15) is 83.3 Å². The van der Waals surface area contributed by atoms with Crippen molar-refractivity contribution < 1.29 is 5.11 Å². The van der Waals surface area contributed by atoms with Crippen molar-refractivity contribution in [1.82, 2.24) is 4.90 Å². The summed E-state index contributed by atoms with van der Waals surface area (Å²) < 4.78 is 0. The third-order valence-electron chi connectivity index (χ3n) is 4.56. The SMILES string of the molecule is CCCCCCN(CCCCCC)CC[C@H](O)c1ccccc1. The van der Waals surface area contributed by atoms with E-state index in [1.54, 1.807) is 0 Å². The molecular weight excluding hydrogens is 282 g/mol. The van der Waals surface area contributed by atoms with Gasteiger partial charge in [-0.05, 0) is 37.9 Å². The highest BCUT2D eigenvalue weighted by Gasteiger charge is 2.10. The molecule has 0 aliphatic carbocycles. The summed E-state index contributed by atoms with van der Waals surface area (Å²) in [6, 6.07) is 10.1. The molecule has 1 atom stereocenters. The van der Waals surface area contributed by atoms with Crippen molar-refractivity contribution in [2.45, 2.75) is 77.7 Å². The third-order valence-corrected chi connectivity index (χ3v) is 4.56. The number of aliphatic hydroxyl groups is 1. The first kappa shape index (κ1) is 20.2. The molecule has 1 N–H and O–H groups in total. The second-order valence-electron chi connectivity index (χ2n) is 6.68. The Bertz CT molecular complexity index is 353. The lowest BCUT2D eigenvalue weighted by Gasteiger charge is -2.24. The van der Waals surface area contributed by atoms with E-state index < -0.39 is 0 Å². The molecule has 1 rings (SSSR count). The number of hydrogen-bond donors (Lipinski definition) is 1. The predicted molar refractivity (Wildman–Crippen MR) is 101 cm³/mol. The maximum absolute atomic E-state index is 10.4. The molecule has 1 aromatic rings. The van der Waals surface area contributed by atoms with E-state index in [4.69, 9.17) is 0 Å². The van der Waals surface area contributed by atoms with Gasteiger partial charge in [-0.15, -0.1) is 0 Å². The second-order valence-corrected chi connectivity index (χ2v) is 6.68. The maximum Gasteiger partial charge on any atom is 0.0802 e. The van der Waals surface area contributed by atoms with Gasteiger partial charge >= 0.3 is 0 Å². The maximum atomic E-state index is 10.4. The molecule has 1 aromatic carbocycles. The number of aliphatic hydroxyl groups excluding tert-OH is 1. The normalized spacial score (nSPS) is 12.7. The fourth-order valence-corrected chi connectivity index (χ4v) is 3.01. The van der Waals surface area contributed by atoms with E-state index in [9.17, 15) is 5.11 Å². The van der Waals surface area contributed by atoms with Crippen LogP contribution < -0.4 is 0 Å². The number of nitrogens with zero attached hydrogens (tertiary/aromatic N) is 1. The van der Waals surface area contributed by atoms with Gasteiger partial charge in [0, 0.05) is 6.54 Å². The molecule has 0 unspecified atom stereocenters. The van der Waals surface area contributed by atoms with Gasteiger partial charge in [0.05, 0.1) is 6.10 Å². The number of hydrogen-bond acceptors (Lipinski definition) is 2. The average molecular weight is 320 g/mol. The Morgan fingerprint density at radius 1 is 0.783 bits per heavy atom. The largest absolute Gasteiger partial charge is 0.388 e. The van der Waals surface area contributed by atoms with Crippen LogP contribution in [0.3, 0.4) is 0 Å². The molecule has 0 aromatic heterocycles. The Morgan fingerprint density at radius 3 is 1.87 bits per heavy atom. The topological polar surface area (TPSA) is 23.5 Å². The van der Waals surface area contributed by atoms with Crippen molar-refractivity contribution in [2.75, 3.05) is 19.6 Å². The number of unbranched alkanes of at least 4 members (excludes halogenated alkanes) is 6. The van der Waals surface area contributed by atoms with Crippen molar-refractivity contribution in [3.8, 4) is 0 Å². The Morgan fingerprint density at radius 2 is 1.35 bits per heavy atom. The lowest BCUT2D eigenvalue weighted by Crippen LogP contribution is -2.28. The van der Waals surface area contributed by atoms with Gasteiger partial charge in [0.1, 0.15) is 0 Å². The molecule has 0 aliphatic heterocycles. The fourth-order valence-electron chi connectivity index (χ4n) is 3.01. The summed E-state index contributed by atoms with van der Waals surface area (Å²) in [5.74, 6) is 0. The van der Waals surface area contributed by atoms with Crippen LogP contribution in [0.15, 0.2) is 30.3 Å². The zero-order valence-electron chi connectivity index (χ0n) is 15.3. The van der Waals surface area contributed by atoms with Crippen molar-refractivity contribution in [3.63, 3.8) is 0 Å². The van der Waals surface area contributed by atoms with Crippen LogP contribution in [0.4, 0.5) is 0 Å². The van der Waals surface area contributed by atoms with Crippen LogP contribution in [0, 0.1) is 0 Å². The summed E-state index contributed by atoms with van der Waals surface area (Å²) in [5.41, 5.74) is 1.05. The van der Waals surface area contributed by atoms with E-state index in [0.29, 0.717) is 0 Å². The molecule has 0 aliphatic rings. The van der Waals surface area contributed by atoms with Gasteiger partial charge in [-0.2, -0.15) is 0 Å². The van der Waals surface area contributed by atoms with Crippen LogP contribution in [0.5, 0.6) is 0 Å². The summed E-state index contributed by atoms with van der Waals surface area (Å²) >= 11 is 0. The van der Waals surface area contributed by atoms with Crippen molar-refractivity contribution >= 4 is 0 Å². The molecule has 0 saturated heterocycles. The molecule has 23 heavy (non-hydrogen) atoms. The molecule has 0 amide bonds. The highest BCUT2D eigenvalue weighted by atomic mass is 16.3.